The number of fused-ring (bicyclic) bond motifs is 1. The van der Waals surface area contributed by atoms with E-state index >= 15 is 0 Å². The fourth-order valence-corrected chi connectivity index (χ4v) is 4.32. The first kappa shape index (κ1) is 21.7. The third-order valence-corrected chi connectivity index (χ3v) is 6.57. The van der Waals surface area contributed by atoms with Crippen LogP contribution in [-0.2, 0) is 28.7 Å². The number of nitrogens with one attached hydrogen (secondary N) is 1. The van der Waals surface area contributed by atoms with Crippen LogP contribution >= 0.6 is 11.6 Å². The van der Waals surface area contributed by atoms with Gasteiger partial charge in [0.1, 0.15) is 5.82 Å². The van der Waals surface area contributed by atoms with E-state index in [0.29, 0.717) is 5.52 Å². The van der Waals surface area contributed by atoms with E-state index < -0.39 is 44.9 Å². The third-order valence-electron chi connectivity index (χ3n) is 4.62. The zero-order valence-corrected chi connectivity index (χ0v) is 17.6. The van der Waals surface area contributed by atoms with Crippen LogP contribution in [0.2, 0.25) is 5.02 Å². The van der Waals surface area contributed by atoms with Gasteiger partial charge >= 0.3 is 11.1 Å². The van der Waals surface area contributed by atoms with Gasteiger partial charge in [0.05, 0.1) is 27.4 Å². The minimum absolute atomic E-state index is 0.103. The maximum absolute atomic E-state index is 13.8. The number of anilines is 1. The summed E-state index contributed by atoms with van der Waals surface area (Å²) in [5, 5.41) is 2.46. The monoisotopic (exact) mass is 453 g/mol. The summed E-state index contributed by atoms with van der Waals surface area (Å²) in [5.41, 5.74) is -0.980. The van der Waals surface area contributed by atoms with E-state index in [9.17, 15) is 27.2 Å². The molecule has 158 valence electrons. The van der Waals surface area contributed by atoms with Crippen LogP contribution in [0.4, 0.5) is 10.1 Å². The highest BCUT2D eigenvalue weighted by molar-refractivity contribution is 7.91. The molecule has 0 aliphatic carbocycles. The van der Waals surface area contributed by atoms with Crippen molar-refractivity contribution in [1.82, 2.24) is 9.13 Å². The van der Waals surface area contributed by atoms with Gasteiger partial charge in [-0.1, -0.05) is 11.6 Å². The van der Waals surface area contributed by atoms with Crippen LogP contribution < -0.4 is 16.4 Å². The Morgan fingerprint density at radius 1 is 1.03 bits per heavy atom. The van der Waals surface area contributed by atoms with Gasteiger partial charge in [-0.2, -0.15) is 0 Å². The van der Waals surface area contributed by atoms with Gasteiger partial charge in [0, 0.05) is 25.5 Å². The average molecular weight is 454 g/mol. The number of aromatic nitrogens is 2. The molecule has 0 spiro atoms. The number of sulfone groups is 1. The summed E-state index contributed by atoms with van der Waals surface area (Å²) in [5.74, 6) is -1.95. The molecule has 3 rings (SSSR count). The van der Waals surface area contributed by atoms with Gasteiger partial charge in [-0.15, -0.1) is 0 Å². The van der Waals surface area contributed by atoms with E-state index in [0.717, 1.165) is 15.2 Å². The zero-order valence-electron chi connectivity index (χ0n) is 16.0. The van der Waals surface area contributed by atoms with Gasteiger partial charge in [0.25, 0.3) is 0 Å². The maximum atomic E-state index is 13.8. The van der Waals surface area contributed by atoms with Crippen LogP contribution in [0.15, 0.2) is 50.9 Å². The molecule has 0 unspecified atom stereocenters. The topological polar surface area (TPSA) is 107 Å². The van der Waals surface area contributed by atoms with Crippen molar-refractivity contribution >= 4 is 44.1 Å². The predicted molar refractivity (Wildman–Crippen MR) is 111 cm³/mol. The second-order valence-electron chi connectivity index (χ2n) is 6.62. The quantitative estimate of drug-likeness (QED) is 0.593. The minimum Gasteiger partial charge on any atom is -0.324 e. The van der Waals surface area contributed by atoms with Crippen molar-refractivity contribution in [2.45, 2.75) is 11.3 Å². The lowest BCUT2D eigenvalue weighted by Crippen LogP contribution is -2.39. The number of carbonyl (C=O) groups is 1. The fraction of sp³-hybridized carbons (Fsp3) is 0.211. The maximum Gasteiger partial charge on any atom is 0.316 e. The Labute approximate surface area is 175 Å². The molecule has 1 amide bonds. The summed E-state index contributed by atoms with van der Waals surface area (Å²) in [6.45, 7) is 0. The number of hydrogen-bond acceptors (Lipinski definition) is 5. The molecule has 8 nitrogen and oxygen atoms in total. The summed E-state index contributed by atoms with van der Waals surface area (Å²) >= 11 is 5.65. The van der Waals surface area contributed by atoms with Gasteiger partial charge < -0.3 is 14.5 Å². The largest absolute Gasteiger partial charge is 0.324 e. The fourth-order valence-electron chi connectivity index (χ4n) is 2.90. The summed E-state index contributed by atoms with van der Waals surface area (Å²) < 4.78 is 41.3. The molecule has 2 aromatic carbocycles. The first-order valence-corrected chi connectivity index (χ1v) is 10.7. The molecule has 3 aromatic rings. The molecule has 11 heteroatoms. The molecule has 0 aliphatic rings. The van der Waals surface area contributed by atoms with E-state index in [-0.39, 0.29) is 21.1 Å². The Morgan fingerprint density at radius 3 is 2.30 bits per heavy atom. The van der Waals surface area contributed by atoms with E-state index in [4.69, 9.17) is 11.6 Å². The Morgan fingerprint density at radius 2 is 1.67 bits per heavy atom. The van der Waals surface area contributed by atoms with Crippen LogP contribution in [0.5, 0.6) is 0 Å². The molecular formula is C19H17ClFN3O5S. The van der Waals surface area contributed by atoms with Crippen LogP contribution in [0.25, 0.3) is 11.0 Å². The second kappa shape index (κ2) is 8.04. The zero-order chi connectivity index (χ0) is 22.2. The van der Waals surface area contributed by atoms with Gasteiger partial charge in [-0.3, -0.25) is 14.4 Å². The lowest BCUT2D eigenvalue weighted by atomic mass is 10.3. The Bertz CT molecular complexity index is 1400. The summed E-state index contributed by atoms with van der Waals surface area (Å²) in [4.78, 5) is 35.8. The van der Waals surface area contributed by atoms with Crippen LogP contribution in [-0.4, -0.2) is 29.2 Å². The SMILES string of the molecule is Cn1c(=O)c(=O)n(C)c2cc(S(=O)(=O)CCC(=O)Nc3ccc(Cl)cc3F)ccc21. The molecule has 1 heterocycles. The molecular weight excluding hydrogens is 437 g/mol. The summed E-state index contributed by atoms with van der Waals surface area (Å²) in [7, 11) is -1.10. The van der Waals surface area contributed by atoms with Crippen molar-refractivity contribution in [2.24, 2.45) is 14.1 Å². The number of carbonyl (C=O) groups excluding carboxylic acids is 1. The number of benzene rings is 2. The predicted octanol–water partition coefficient (Wildman–Crippen LogP) is 1.83. The van der Waals surface area contributed by atoms with E-state index in [1.54, 1.807) is 0 Å². The standard InChI is InChI=1S/C19H17ClFN3O5S/c1-23-15-6-4-12(10-16(15)24(2)19(27)18(23)26)30(28,29)8-7-17(25)22-14-5-3-11(20)9-13(14)21/h3-6,9-10H,7-8H2,1-2H3,(H,22,25). The molecule has 0 aliphatic heterocycles. The van der Waals surface area contributed by atoms with Crippen molar-refractivity contribution in [1.29, 1.82) is 0 Å². The highest BCUT2D eigenvalue weighted by atomic mass is 35.5. The van der Waals surface area contributed by atoms with E-state index in [1.165, 1.54) is 44.4 Å². The number of halogens is 2. The minimum atomic E-state index is -3.89. The number of aryl methyl sites for hydroxylation is 2. The Kier molecular flexibility index (Phi) is 5.82. The molecule has 0 bridgehead atoms. The molecule has 30 heavy (non-hydrogen) atoms. The smallest absolute Gasteiger partial charge is 0.316 e. The summed E-state index contributed by atoms with van der Waals surface area (Å²) in [6.07, 6.45) is -0.408. The van der Waals surface area contributed by atoms with Crippen molar-refractivity contribution in [2.75, 3.05) is 11.1 Å². The highest BCUT2D eigenvalue weighted by Gasteiger charge is 2.19. The molecule has 0 radical (unpaired) electrons. The Hall–Kier alpha value is -2.98. The van der Waals surface area contributed by atoms with Crippen molar-refractivity contribution in [3.05, 3.63) is 67.9 Å². The first-order valence-electron chi connectivity index (χ1n) is 8.68. The van der Waals surface area contributed by atoms with E-state index in [1.807, 2.05) is 0 Å². The molecule has 0 atom stereocenters. The van der Waals surface area contributed by atoms with Crippen molar-refractivity contribution < 1.29 is 17.6 Å². The molecule has 1 N–H and O–H groups in total. The second-order valence-corrected chi connectivity index (χ2v) is 9.17. The third kappa shape index (κ3) is 4.14. The first-order chi connectivity index (χ1) is 14.0. The van der Waals surface area contributed by atoms with Gasteiger partial charge in [0.15, 0.2) is 9.84 Å². The molecule has 0 fully saturated rings. The number of rotatable bonds is 5. The molecule has 1 aromatic heterocycles. The number of nitrogens with zero attached hydrogens (tertiary/aromatic N) is 2. The van der Waals surface area contributed by atoms with Gasteiger partial charge in [0.2, 0.25) is 5.91 Å². The number of hydrogen-bond donors (Lipinski definition) is 1. The number of amides is 1. The lowest BCUT2D eigenvalue weighted by molar-refractivity contribution is -0.115. The van der Waals surface area contributed by atoms with Crippen LogP contribution in [0.1, 0.15) is 6.42 Å². The van der Waals surface area contributed by atoms with Crippen LogP contribution in [0.3, 0.4) is 0 Å². The van der Waals surface area contributed by atoms with Gasteiger partial charge in [-0.25, -0.2) is 12.8 Å². The normalized spacial score (nSPS) is 11.6. The summed E-state index contributed by atoms with van der Waals surface area (Å²) in [6, 6.07) is 7.70. The molecule has 0 saturated heterocycles. The average Bonchev–Trinajstić information content (AvgIpc) is 2.71. The van der Waals surface area contributed by atoms with E-state index in [2.05, 4.69) is 5.32 Å². The van der Waals surface area contributed by atoms with Crippen LogP contribution in [0, 0.1) is 5.82 Å². The molecule has 0 saturated carbocycles. The van der Waals surface area contributed by atoms with Gasteiger partial charge in [-0.05, 0) is 36.4 Å². The lowest BCUT2D eigenvalue weighted by Gasteiger charge is -2.11. The van der Waals surface area contributed by atoms with Crippen molar-refractivity contribution in [3.8, 4) is 0 Å². The van der Waals surface area contributed by atoms with Crippen molar-refractivity contribution in [3.63, 3.8) is 0 Å². The Balaban J connectivity index is 1.83. The highest BCUT2D eigenvalue weighted by Crippen LogP contribution is 2.20.